The minimum absolute atomic E-state index is 0.0178. The lowest BCUT2D eigenvalue weighted by atomic mass is 9.97. The minimum atomic E-state index is -4.76. The van der Waals surface area contributed by atoms with Crippen molar-refractivity contribution in [3.63, 3.8) is 0 Å². The summed E-state index contributed by atoms with van der Waals surface area (Å²) in [5.41, 5.74) is 4.88. The molecule has 1 atom stereocenters. The molecule has 0 spiro atoms. The molecule has 3 N–H and O–H groups in total. The maximum atomic E-state index is 14.0. The first kappa shape index (κ1) is 15.3. The Hall–Kier alpha value is -2.08. The monoisotopic (exact) mass is 299 g/mol. The van der Waals surface area contributed by atoms with Crippen LogP contribution in [0.25, 0.3) is 0 Å². The molecule has 0 aromatic heterocycles. The van der Waals surface area contributed by atoms with Gasteiger partial charge in [0.1, 0.15) is 11.6 Å². The van der Waals surface area contributed by atoms with E-state index in [0.29, 0.717) is 11.6 Å². The average molecular weight is 299 g/mol. The molecular formula is C15H13F4NO. The third-order valence-electron chi connectivity index (χ3n) is 3.10. The van der Waals surface area contributed by atoms with Crippen molar-refractivity contribution in [1.82, 2.24) is 0 Å². The number of hydrogen-bond acceptors (Lipinski definition) is 2. The van der Waals surface area contributed by atoms with E-state index in [1.54, 1.807) is 12.1 Å². The summed E-state index contributed by atoms with van der Waals surface area (Å²) in [6.07, 6.45) is -4.64. The molecule has 112 valence electrons. The van der Waals surface area contributed by atoms with Gasteiger partial charge >= 0.3 is 6.18 Å². The Morgan fingerprint density at radius 2 is 1.76 bits per heavy atom. The quantitative estimate of drug-likeness (QED) is 0.847. The fraction of sp³-hybridized carbons (Fsp3) is 0.200. The first-order chi connectivity index (χ1) is 9.79. The highest BCUT2D eigenvalue weighted by Crippen LogP contribution is 2.34. The summed E-state index contributed by atoms with van der Waals surface area (Å²) in [6.45, 7) is 0. The van der Waals surface area contributed by atoms with Crippen LogP contribution >= 0.6 is 0 Å². The third-order valence-corrected chi connectivity index (χ3v) is 3.10. The van der Waals surface area contributed by atoms with Gasteiger partial charge in [0, 0.05) is 11.6 Å². The standard InChI is InChI=1S/C15H13F4NO/c16-14-11(5-2-6-12(14)15(17,18)19)13(20)8-9-3-1-4-10(21)7-9/h1-7,13,21H,8,20H2. The molecule has 0 fully saturated rings. The van der Waals surface area contributed by atoms with E-state index in [9.17, 15) is 22.7 Å². The summed E-state index contributed by atoms with van der Waals surface area (Å²) in [5, 5.41) is 9.34. The Morgan fingerprint density at radius 3 is 2.38 bits per heavy atom. The van der Waals surface area contributed by atoms with Crippen molar-refractivity contribution < 1.29 is 22.7 Å². The second kappa shape index (κ2) is 5.73. The van der Waals surface area contributed by atoms with Gasteiger partial charge in [0.25, 0.3) is 0 Å². The first-order valence-corrected chi connectivity index (χ1v) is 6.18. The van der Waals surface area contributed by atoms with Gasteiger partial charge in [0.05, 0.1) is 5.56 Å². The van der Waals surface area contributed by atoms with E-state index in [-0.39, 0.29) is 17.7 Å². The van der Waals surface area contributed by atoms with Crippen molar-refractivity contribution in [2.75, 3.05) is 0 Å². The van der Waals surface area contributed by atoms with Crippen molar-refractivity contribution >= 4 is 0 Å². The summed E-state index contributed by atoms with van der Waals surface area (Å²) in [4.78, 5) is 0. The van der Waals surface area contributed by atoms with Crippen LogP contribution in [0.4, 0.5) is 17.6 Å². The van der Waals surface area contributed by atoms with Crippen molar-refractivity contribution in [2.45, 2.75) is 18.6 Å². The lowest BCUT2D eigenvalue weighted by molar-refractivity contribution is -0.140. The predicted octanol–water partition coefficient (Wildman–Crippen LogP) is 3.79. The maximum Gasteiger partial charge on any atom is 0.419 e. The van der Waals surface area contributed by atoms with E-state index in [1.807, 2.05) is 0 Å². The second-order valence-electron chi connectivity index (χ2n) is 4.69. The number of nitrogens with two attached hydrogens (primary N) is 1. The molecule has 0 saturated carbocycles. The molecule has 0 aliphatic rings. The Kier molecular flexibility index (Phi) is 4.18. The van der Waals surface area contributed by atoms with E-state index in [2.05, 4.69) is 0 Å². The van der Waals surface area contributed by atoms with Gasteiger partial charge in [0.2, 0.25) is 0 Å². The van der Waals surface area contributed by atoms with Crippen LogP contribution in [-0.2, 0) is 12.6 Å². The molecule has 0 heterocycles. The SMILES string of the molecule is NC(Cc1cccc(O)c1)c1cccc(C(F)(F)F)c1F. The molecule has 2 rings (SSSR count). The smallest absolute Gasteiger partial charge is 0.419 e. The molecule has 0 radical (unpaired) electrons. The molecule has 2 aromatic carbocycles. The van der Waals surface area contributed by atoms with E-state index in [0.717, 1.165) is 6.07 Å². The molecule has 1 unspecified atom stereocenters. The van der Waals surface area contributed by atoms with Gasteiger partial charge in [-0.25, -0.2) is 4.39 Å². The molecule has 2 aromatic rings. The van der Waals surface area contributed by atoms with Crippen LogP contribution in [0.15, 0.2) is 42.5 Å². The number of phenolic OH excluding ortho intramolecular Hbond substituents is 1. The van der Waals surface area contributed by atoms with Crippen LogP contribution in [0.5, 0.6) is 5.75 Å². The Morgan fingerprint density at radius 1 is 1.10 bits per heavy atom. The van der Waals surface area contributed by atoms with E-state index in [1.165, 1.54) is 18.2 Å². The van der Waals surface area contributed by atoms with Gasteiger partial charge in [0.15, 0.2) is 0 Å². The molecule has 0 aliphatic carbocycles. The van der Waals surface area contributed by atoms with Gasteiger partial charge in [-0.05, 0) is 30.2 Å². The topological polar surface area (TPSA) is 46.2 Å². The first-order valence-electron chi connectivity index (χ1n) is 6.18. The lowest BCUT2D eigenvalue weighted by Gasteiger charge is -2.16. The Bertz CT molecular complexity index is 640. The lowest BCUT2D eigenvalue weighted by Crippen LogP contribution is -2.18. The zero-order valence-corrected chi connectivity index (χ0v) is 10.9. The summed E-state index contributed by atoms with van der Waals surface area (Å²) in [5.74, 6) is -1.33. The highest BCUT2D eigenvalue weighted by molar-refractivity contribution is 5.33. The molecule has 2 nitrogen and oxygen atoms in total. The van der Waals surface area contributed by atoms with Crippen molar-refractivity contribution in [2.24, 2.45) is 5.73 Å². The van der Waals surface area contributed by atoms with Crippen LogP contribution in [0.3, 0.4) is 0 Å². The van der Waals surface area contributed by atoms with Crippen LogP contribution < -0.4 is 5.73 Å². The van der Waals surface area contributed by atoms with Crippen LogP contribution in [-0.4, -0.2) is 5.11 Å². The highest BCUT2D eigenvalue weighted by Gasteiger charge is 2.35. The third kappa shape index (κ3) is 3.52. The summed E-state index contributed by atoms with van der Waals surface area (Å²) in [6, 6.07) is 8.24. The molecular weight excluding hydrogens is 286 g/mol. The minimum Gasteiger partial charge on any atom is -0.508 e. The van der Waals surface area contributed by atoms with Crippen LogP contribution in [0.2, 0.25) is 0 Å². The maximum absolute atomic E-state index is 14.0. The Labute approximate surface area is 118 Å². The van der Waals surface area contributed by atoms with E-state index < -0.39 is 23.6 Å². The number of hydrogen-bond donors (Lipinski definition) is 2. The fourth-order valence-electron chi connectivity index (χ4n) is 2.10. The normalized spacial score (nSPS) is 13.2. The van der Waals surface area contributed by atoms with Gasteiger partial charge in [-0.2, -0.15) is 13.2 Å². The average Bonchev–Trinajstić information content (AvgIpc) is 2.37. The van der Waals surface area contributed by atoms with Gasteiger partial charge in [-0.15, -0.1) is 0 Å². The largest absolute Gasteiger partial charge is 0.508 e. The summed E-state index contributed by atoms with van der Waals surface area (Å²) >= 11 is 0. The van der Waals surface area contributed by atoms with Crippen molar-refractivity contribution in [3.05, 3.63) is 65.0 Å². The van der Waals surface area contributed by atoms with Gasteiger partial charge < -0.3 is 10.8 Å². The number of alkyl halides is 3. The van der Waals surface area contributed by atoms with Crippen molar-refractivity contribution in [1.29, 1.82) is 0 Å². The summed E-state index contributed by atoms with van der Waals surface area (Å²) < 4.78 is 51.9. The number of rotatable bonds is 3. The molecule has 0 aliphatic heterocycles. The highest BCUT2D eigenvalue weighted by atomic mass is 19.4. The fourth-order valence-corrected chi connectivity index (χ4v) is 2.10. The molecule has 6 heteroatoms. The van der Waals surface area contributed by atoms with E-state index >= 15 is 0 Å². The molecule has 0 amide bonds. The Balaban J connectivity index is 2.30. The van der Waals surface area contributed by atoms with Crippen molar-refractivity contribution in [3.8, 4) is 5.75 Å². The van der Waals surface area contributed by atoms with Gasteiger partial charge in [-0.3, -0.25) is 0 Å². The number of phenols is 1. The van der Waals surface area contributed by atoms with E-state index in [4.69, 9.17) is 5.73 Å². The number of aromatic hydroxyl groups is 1. The molecule has 0 bridgehead atoms. The zero-order chi connectivity index (χ0) is 15.6. The predicted molar refractivity (Wildman–Crippen MR) is 70.1 cm³/mol. The number of halogens is 4. The van der Waals surface area contributed by atoms with Gasteiger partial charge in [-0.1, -0.05) is 24.3 Å². The molecule has 0 saturated heterocycles. The van der Waals surface area contributed by atoms with Crippen LogP contribution in [0, 0.1) is 5.82 Å². The second-order valence-corrected chi connectivity index (χ2v) is 4.69. The van der Waals surface area contributed by atoms with Crippen LogP contribution in [0.1, 0.15) is 22.7 Å². The number of benzene rings is 2. The molecule has 21 heavy (non-hydrogen) atoms. The summed E-state index contributed by atoms with van der Waals surface area (Å²) in [7, 11) is 0. The zero-order valence-electron chi connectivity index (χ0n) is 10.9.